The molecule has 0 fully saturated rings. The smallest absolute Gasteiger partial charge is 0.353 e. The highest BCUT2D eigenvalue weighted by Gasteiger charge is 2.24. The quantitative estimate of drug-likeness (QED) is 0.406. The number of carboxylic acids is 1. The summed E-state index contributed by atoms with van der Waals surface area (Å²) in [5.41, 5.74) is -0.114. The molecule has 0 aromatic carbocycles. The van der Waals surface area contributed by atoms with Crippen molar-refractivity contribution in [3.63, 3.8) is 0 Å². The third-order valence-corrected chi connectivity index (χ3v) is 2.23. The van der Waals surface area contributed by atoms with Crippen LogP contribution in [0.15, 0.2) is 5.16 Å². The van der Waals surface area contributed by atoms with Crippen LogP contribution in [0, 0.1) is 17.8 Å². The van der Waals surface area contributed by atoms with Crippen LogP contribution in [0.2, 0.25) is 0 Å². The molecule has 0 rings (SSSR count). The summed E-state index contributed by atoms with van der Waals surface area (Å²) < 4.78 is 0. The fourth-order valence-electron chi connectivity index (χ4n) is 1.76. The molecule has 4 nitrogen and oxygen atoms in total. The van der Waals surface area contributed by atoms with Crippen molar-refractivity contribution in [2.45, 2.75) is 40.5 Å². The second kappa shape index (κ2) is 6.43. The number of carboxylic acid groups (broad SMARTS) is 1. The Bertz CT molecular complexity index is 224. The van der Waals surface area contributed by atoms with E-state index in [1.54, 1.807) is 0 Å². The third-order valence-electron chi connectivity index (χ3n) is 2.23. The first-order valence-corrected chi connectivity index (χ1v) is 5.33. The summed E-state index contributed by atoms with van der Waals surface area (Å²) in [5, 5.41) is 20.5. The zero-order chi connectivity index (χ0) is 12.0. The lowest BCUT2D eigenvalue weighted by Gasteiger charge is -2.19. The molecule has 0 aliphatic heterocycles. The van der Waals surface area contributed by atoms with Gasteiger partial charge in [0.25, 0.3) is 0 Å². The summed E-state index contributed by atoms with van der Waals surface area (Å²) in [7, 11) is 0. The van der Waals surface area contributed by atoms with Crippen LogP contribution in [0.3, 0.4) is 0 Å². The average molecular weight is 215 g/mol. The highest BCUT2D eigenvalue weighted by Crippen LogP contribution is 2.21. The maximum atomic E-state index is 10.8. The van der Waals surface area contributed by atoms with E-state index < -0.39 is 5.97 Å². The molecule has 0 saturated heterocycles. The van der Waals surface area contributed by atoms with Crippen LogP contribution < -0.4 is 0 Å². The molecule has 0 heterocycles. The molecule has 15 heavy (non-hydrogen) atoms. The van der Waals surface area contributed by atoms with Gasteiger partial charge in [-0.1, -0.05) is 32.9 Å². The van der Waals surface area contributed by atoms with Crippen molar-refractivity contribution in [2.75, 3.05) is 0 Å². The SMILES string of the molecule is CC(C)CC(CC(C)C)/C(=N/O)C(=O)O. The van der Waals surface area contributed by atoms with Crippen LogP contribution in [0.4, 0.5) is 0 Å². The van der Waals surface area contributed by atoms with Crippen molar-refractivity contribution in [1.82, 2.24) is 0 Å². The van der Waals surface area contributed by atoms with Crippen molar-refractivity contribution in [3.8, 4) is 0 Å². The van der Waals surface area contributed by atoms with Gasteiger partial charge in [-0.05, 0) is 24.7 Å². The Morgan fingerprint density at radius 2 is 1.53 bits per heavy atom. The van der Waals surface area contributed by atoms with Gasteiger partial charge in [-0.3, -0.25) is 0 Å². The minimum absolute atomic E-state index is 0.114. The van der Waals surface area contributed by atoms with Crippen LogP contribution >= 0.6 is 0 Å². The molecule has 0 saturated carbocycles. The van der Waals surface area contributed by atoms with E-state index in [4.69, 9.17) is 10.3 Å². The summed E-state index contributed by atoms with van der Waals surface area (Å²) in [6.45, 7) is 8.13. The van der Waals surface area contributed by atoms with E-state index in [0.717, 1.165) is 12.8 Å². The van der Waals surface area contributed by atoms with Crippen molar-refractivity contribution < 1.29 is 15.1 Å². The number of oxime groups is 1. The fraction of sp³-hybridized carbons (Fsp3) is 0.818. The van der Waals surface area contributed by atoms with E-state index in [9.17, 15) is 4.79 Å². The molecule has 0 aliphatic rings. The standard InChI is InChI=1S/C11H21NO3/c1-7(2)5-9(6-8(3)4)10(12-15)11(13)14/h7-9,15H,5-6H2,1-4H3,(H,13,14)/b12-10-. The minimum atomic E-state index is -1.12. The van der Waals surface area contributed by atoms with Crippen LogP contribution in [-0.4, -0.2) is 22.0 Å². The summed E-state index contributed by atoms with van der Waals surface area (Å²) in [4.78, 5) is 10.8. The molecule has 0 spiro atoms. The van der Waals surface area contributed by atoms with Gasteiger partial charge in [0.2, 0.25) is 0 Å². The molecule has 0 aliphatic carbocycles. The predicted molar refractivity (Wildman–Crippen MR) is 59.3 cm³/mol. The second-order valence-corrected chi connectivity index (χ2v) is 4.75. The van der Waals surface area contributed by atoms with Gasteiger partial charge < -0.3 is 10.3 Å². The van der Waals surface area contributed by atoms with Gasteiger partial charge in [0.05, 0.1) is 0 Å². The Morgan fingerprint density at radius 3 is 1.73 bits per heavy atom. The predicted octanol–water partition coefficient (Wildman–Crippen LogP) is 2.61. The Morgan fingerprint density at radius 1 is 1.13 bits per heavy atom. The van der Waals surface area contributed by atoms with Crippen molar-refractivity contribution in [2.24, 2.45) is 22.9 Å². The zero-order valence-corrected chi connectivity index (χ0v) is 9.90. The van der Waals surface area contributed by atoms with Gasteiger partial charge in [0, 0.05) is 5.92 Å². The molecule has 0 atom stereocenters. The lowest BCUT2D eigenvalue weighted by molar-refractivity contribution is -0.129. The topological polar surface area (TPSA) is 69.9 Å². The Labute approximate surface area is 91.0 Å². The number of nitrogens with zero attached hydrogens (tertiary/aromatic N) is 1. The normalized spacial score (nSPS) is 12.9. The van der Waals surface area contributed by atoms with Crippen LogP contribution in [0.5, 0.6) is 0 Å². The number of rotatable bonds is 6. The highest BCUT2D eigenvalue weighted by molar-refractivity contribution is 6.36. The van der Waals surface area contributed by atoms with E-state index in [1.165, 1.54) is 0 Å². The van der Waals surface area contributed by atoms with Gasteiger partial charge in [0.1, 0.15) is 0 Å². The lowest BCUT2D eigenvalue weighted by Crippen LogP contribution is -2.26. The summed E-state index contributed by atoms with van der Waals surface area (Å²) in [5.74, 6) is -0.494. The molecular weight excluding hydrogens is 194 g/mol. The van der Waals surface area contributed by atoms with E-state index in [2.05, 4.69) is 5.16 Å². The van der Waals surface area contributed by atoms with Gasteiger partial charge in [-0.2, -0.15) is 0 Å². The van der Waals surface area contributed by atoms with Crippen LogP contribution in [0.25, 0.3) is 0 Å². The summed E-state index contributed by atoms with van der Waals surface area (Å²) in [6.07, 6.45) is 1.48. The molecule has 0 radical (unpaired) electrons. The van der Waals surface area contributed by atoms with Crippen molar-refractivity contribution >= 4 is 11.7 Å². The zero-order valence-electron chi connectivity index (χ0n) is 9.90. The minimum Gasteiger partial charge on any atom is -0.477 e. The number of hydrogen-bond donors (Lipinski definition) is 2. The van der Waals surface area contributed by atoms with E-state index in [1.807, 2.05) is 27.7 Å². The Kier molecular flexibility index (Phi) is 5.97. The molecule has 2 N–H and O–H groups in total. The number of aliphatic carboxylic acids is 1. The maximum Gasteiger partial charge on any atom is 0.353 e. The molecule has 0 aromatic rings. The van der Waals surface area contributed by atoms with Gasteiger partial charge in [0.15, 0.2) is 5.71 Å². The largest absolute Gasteiger partial charge is 0.477 e. The molecular formula is C11H21NO3. The van der Waals surface area contributed by atoms with E-state index in [-0.39, 0.29) is 11.6 Å². The Balaban J connectivity index is 4.67. The number of carbonyl (C=O) groups is 1. The maximum absolute atomic E-state index is 10.8. The van der Waals surface area contributed by atoms with Crippen LogP contribution in [0.1, 0.15) is 40.5 Å². The molecule has 0 bridgehead atoms. The first-order valence-electron chi connectivity index (χ1n) is 5.33. The van der Waals surface area contributed by atoms with Crippen molar-refractivity contribution in [1.29, 1.82) is 0 Å². The number of hydrogen-bond acceptors (Lipinski definition) is 3. The first-order chi connectivity index (χ1) is 6.88. The van der Waals surface area contributed by atoms with Crippen LogP contribution in [-0.2, 0) is 4.79 Å². The fourth-order valence-corrected chi connectivity index (χ4v) is 1.76. The average Bonchev–Trinajstić information content (AvgIpc) is 2.01. The third kappa shape index (κ3) is 5.40. The highest BCUT2D eigenvalue weighted by atomic mass is 16.4. The van der Waals surface area contributed by atoms with E-state index >= 15 is 0 Å². The monoisotopic (exact) mass is 215 g/mol. The Hall–Kier alpha value is -1.06. The van der Waals surface area contributed by atoms with Gasteiger partial charge >= 0.3 is 5.97 Å². The van der Waals surface area contributed by atoms with Gasteiger partial charge in [-0.15, -0.1) is 0 Å². The second-order valence-electron chi connectivity index (χ2n) is 4.75. The molecule has 0 aromatic heterocycles. The molecule has 0 amide bonds. The molecule has 88 valence electrons. The summed E-state index contributed by atoms with van der Waals surface area (Å²) in [6, 6.07) is 0. The first kappa shape index (κ1) is 13.9. The molecule has 0 unspecified atom stereocenters. The van der Waals surface area contributed by atoms with Crippen molar-refractivity contribution in [3.05, 3.63) is 0 Å². The van der Waals surface area contributed by atoms with E-state index in [0.29, 0.717) is 11.8 Å². The lowest BCUT2D eigenvalue weighted by atomic mass is 9.86. The molecule has 4 heteroatoms. The summed E-state index contributed by atoms with van der Waals surface area (Å²) >= 11 is 0. The van der Waals surface area contributed by atoms with Gasteiger partial charge in [-0.25, -0.2) is 4.79 Å².